The molecule has 0 bridgehead atoms. The van der Waals surface area contributed by atoms with Gasteiger partial charge in [0.05, 0.1) is 0 Å². The lowest BCUT2D eigenvalue weighted by molar-refractivity contribution is 0.233. The molecule has 3 aromatic rings. The van der Waals surface area contributed by atoms with E-state index in [1.807, 2.05) is 30.3 Å². The van der Waals surface area contributed by atoms with Crippen LogP contribution in [0.1, 0.15) is 5.56 Å². The van der Waals surface area contributed by atoms with E-state index < -0.39 is 0 Å². The van der Waals surface area contributed by atoms with Crippen molar-refractivity contribution in [2.45, 2.75) is 6.54 Å². The van der Waals surface area contributed by atoms with Crippen LogP contribution >= 0.6 is 15.9 Å². The van der Waals surface area contributed by atoms with Gasteiger partial charge in [-0.1, -0.05) is 22.0 Å². The molecule has 0 atom stereocenters. The average Bonchev–Trinajstić information content (AvgIpc) is 3.00. The van der Waals surface area contributed by atoms with Crippen LogP contribution in [0.25, 0.3) is 22.6 Å². The molecular weight excluding hydrogens is 354 g/mol. The lowest BCUT2D eigenvalue weighted by atomic mass is 10.2. The first-order chi connectivity index (χ1) is 11.3. The van der Waals surface area contributed by atoms with E-state index >= 15 is 0 Å². The van der Waals surface area contributed by atoms with Gasteiger partial charge in [-0.05, 0) is 42.0 Å². The highest BCUT2D eigenvalue weighted by molar-refractivity contribution is 9.10. The van der Waals surface area contributed by atoms with E-state index in [9.17, 15) is 0 Å². The molecule has 1 fully saturated rings. The van der Waals surface area contributed by atoms with Gasteiger partial charge in [-0.3, -0.25) is 4.90 Å². The Morgan fingerprint density at radius 3 is 2.65 bits per heavy atom. The number of oxazole rings is 1. The van der Waals surface area contributed by atoms with Gasteiger partial charge >= 0.3 is 0 Å². The Morgan fingerprint density at radius 2 is 1.87 bits per heavy atom. The van der Waals surface area contributed by atoms with E-state index in [1.54, 1.807) is 0 Å². The summed E-state index contributed by atoms with van der Waals surface area (Å²) in [5.74, 6) is 0.673. The van der Waals surface area contributed by atoms with Crippen LogP contribution in [0.4, 0.5) is 0 Å². The van der Waals surface area contributed by atoms with Crippen LogP contribution in [0, 0.1) is 0 Å². The number of nitrogens with one attached hydrogen (secondary N) is 1. The van der Waals surface area contributed by atoms with Gasteiger partial charge in [-0.25, -0.2) is 4.98 Å². The summed E-state index contributed by atoms with van der Waals surface area (Å²) in [4.78, 5) is 7.12. The highest BCUT2D eigenvalue weighted by Gasteiger charge is 2.12. The molecule has 1 N–H and O–H groups in total. The van der Waals surface area contributed by atoms with Gasteiger partial charge in [0.2, 0.25) is 5.89 Å². The fourth-order valence-corrected chi connectivity index (χ4v) is 3.18. The number of piperazine rings is 1. The van der Waals surface area contributed by atoms with Crippen LogP contribution < -0.4 is 5.32 Å². The number of nitrogens with zero attached hydrogens (tertiary/aromatic N) is 2. The van der Waals surface area contributed by atoms with Gasteiger partial charge in [0.1, 0.15) is 5.52 Å². The van der Waals surface area contributed by atoms with E-state index in [0.29, 0.717) is 5.89 Å². The first kappa shape index (κ1) is 14.9. The lowest BCUT2D eigenvalue weighted by Gasteiger charge is -2.27. The third-order valence-electron chi connectivity index (χ3n) is 4.16. The molecule has 4 nitrogen and oxygen atoms in total. The maximum atomic E-state index is 5.89. The Labute approximate surface area is 143 Å². The molecule has 4 rings (SSSR count). The molecule has 0 aliphatic carbocycles. The molecular formula is C18H18BrN3O. The van der Waals surface area contributed by atoms with Crippen molar-refractivity contribution in [1.29, 1.82) is 0 Å². The minimum Gasteiger partial charge on any atom is -0.436 e. The zero-order valence-corrected chi connectivity index (χ0v) is 14.3. The van der Waals surface area contributed by atoms with Crippen LogP contribution in [0.5, 0.6) is 0 Å². The Kier molecular flexibility index (Phi) is 4.16. The van der Waals surface area contributed by atoms with E-state index in [1.165, 1.54) is 5.56 Å². The standard InChI is InChI=1S/C18H18BrN3O/c19-15-4-2-14(3-5-15)18-21-16-11-13(1-6-17(16)23-18)12-22-9-7-20-8-10-22/h1-6,11,20H,7-10,12H2. The summed E-state index contributed by atoms with van der Waals surface area (Å²) in [7, 11) is 0. The van der Waals surface area contributed by atoms with Crippen molar-refractivity contribution in [1.82, 2.24) is 15.2 Å². The quantitative estimate of drug-likeness (QED) is 0.762. The van der Waals surface area contributed by atoms with Crippen molar-refractivity contribution in [3.05, 3.63) is 52.5 Å². The van der Waals surface area contributed by atoms with E-state index in [0.717, 1.165) is 53.9 Å². The van der Waals surface area contributed by atoms with Gasteiger partial charge in [0.25, 0.3) is 0 Å². The molecule has 1 aromatic heterocycles. The number of benzene rings is 2. The first-order valence-electron chi connectivity index (χ1n) is 7.86. The van der Waals surface area contributed by atoms with Crippen LogP contribution in [0.15, 0.2) is 51.4 Å². The molecule has 0 spiro atoms. The summed E-state index contributed by atoms with van der Waals surface area (Å²) in [6, 6.07) is 14.3. The molecule has 118 valence electrons. The lowest BCUT2D eigenvalue weighted by Crippen LogP contribution is -2.42. The molecule has 1 saturated heterocycles. The number of hydrogen-bond donors (Lipinski definition) is 1. The number of hydrogen-bond acceptors (Lipinski definition) is 4. The fourth-order valence-electron chi connectivity index (χ4n) is 2.91. The molecule has 0 amide bonds. The Balaban J connectivity index is 1.60. The third kappa shape index (κ3) is 3.32. The minimum atomic E-state index is 0.673. The van der Waals surface area contributed by atoms with E-state index in [2.05, 4.69) is 43.3 Å². The van der Waals surface area contributed by atoms with E-state index in [-0.39, 0.29) is 0 Å². The normalized spacial score (nSPS) is 16.0. The Morgan fingerprint density at radius 1 is 1.09 bits per heavy atom. The van der Waals surface area contributed by atoms with Gasteiger partial charge in [-0.15, -0.1) is 0 Å². The molecule has 23 heavy (non-hydrogen) atoms. The smallest absolute Gasteiger partial charge is 0.227 e. The summed E-state index contributed by atoms with van der Waals surface area (Å²) >= 11 is 3.45. The topological polar surface area (TPSA) is 41.3 Å². The van der Waals surface area contributed by atoms with Gasteiger partial charge in [0.15, 0.2) is 5.58 Å². The summed E-state index contributed by atoms with van der Waals surface area (Å²) in [5, 5.41) is 3.38. The first-order valence-corrected chi connectivity index (χ1v) is 8.66. The van der Waals surface area contributed by atoms with Crippen molar-refractivity contribution in [3.8, 4) is 11.5 Å². The summed E-state index contributed by atoms with van der Waals surface area (Å²) in [5.41, 5.74) is 4.05. The largest absolute Gasteiger partial charge is 0.436 e. The zero-order chi connectivity index (χ0) is 15.6. The van der Waals surface area contributed by atoms with Crippen LogP contribution in [0.3, 0.4) is 0 Å². The Bertz CT molecular complexity index is 807. The van der Waals surface area contributed by atoms with Gasteiger partial charge in [-0.2, -0.15) is 0 Å². The molecule has 0 unspecified atom stereocenters. The molecule has 0 radical (unpaired) electrons. The summed E-state index contributed by atoms with van der Waals surface area (Å²) in [6.07, 6.45) is 0. The predicted octanol–water partition coefficient (Wildman–Crippen LogP) is 3.66. The van der Waals surface area contributed by atoms with Gasteiger partial charge < -0.3 is 9.73 Å². The second kappa shape index (κ2) is 6.43. The molecule has 1 aliphatic heterocycles. The zero-order valence-electron chi connectivity index (χ0n) is 12.8. The number of halogens is 1. The maximum Gasteiger partial charge on any atom is 0.227 e. The third-order valence-corrected chi connectivity index (χ3v) is 4.69. The SMILES string of the molecule is Brc1ccc(-c2nc3cc(CN4CCNCC4)ccc3o2)cc1. The van der Waals surface area contributed by atoms with Crippen molar-refractivity contribution < 1.29 is 4.42 Å². The van der Waals surface area contributed by atoms with Crippen molar-refractivity contribution in [2.24, 2.45) is 0 Å². The van der Waals surface area contributed by atoms with Crippen LogP contribution in [-0.4, -0.2) is 36.1 Å². The molecule has 0 saturated carbocycles. The average molecular weight is 372 g/mol. The highest BCUT2D eigenvalue weighted by atomic mass is 79.9. The molecule has 2 heterocycles. The van der Waals surface area contributed by atoms with Gasteiger partial charge in [0, 0.05) is 42.8 Å². The second-order valence-electron chi connectivity index (χ2n) is 5.85. The van der Waals surface area contributed by atoms with Crippen molar-refractivity contribution in [3.63, 3.8) is 0 Å². The highest BCUT2D eigenvalue weighted by Crippen LogP contribution is 2.26. The minimum absolute atomic E-state index is 0.673. The summed E-state index contributed by atoms with van der Waals surface area (Å²) in [6.45, 7) is 5.31. The number of aromatic nitrogens is 1. The van der Waals surface area contributed by atoms with Crippen molar-refractivity contribution in [2.75, 3.05) is 26.2 Å². The monoisotopic (exact) mass is 371 g/mol. The Hall–Kier alpha value is -1.69. The maximum absolute atomic E-state index is 5.89. The van der Waals surface area contributed by atoms with Crippen LogP contribution in [0.2, 0.25) is 0 Å². The fraction of sp³-hybridized carbons (Fsp3) is 0.278. The predicted molar refractivity (Wildman–Crippen MR) is 95.3 cm³/mol. The van der Waals surface area contributed by atoms with Crippen LogP contribution in [-0.2, 0) is 6.54 Å². The second-order valence-corrected chi connectivity index (χ2v) is 6.77. The molecule has 2 aromatic carbocycles. The molecule has 5 heteroatoms. The summed E-state index contributed by atoms with van der Waals surface area (Å²) < 4.78 is 6.94. The molecule has 1 aliphatic rings. The van der Waals surface area contributed by atoms with Crippen molar-refractivity contribution >= 4 is 27.0 Å². The van der Waals surface area contributed by atoms with E-state index in [4.69, 9.17) is 4.42 Å². The number of rotatable bonds is 3. The number of fused-ring (bicyclic) bond motifs is 1.